The number of methoxy groups -OCH3 is 1. The Bertz CT molecular complexity index is 1220. The number of hydrogen-bond acceptors (Lipinski definition) is 6. The second-order valence-electron chi connectivity index (χ2n) is 9.77. The van der Waals surface area contributed by atoms with Crippen LogP contribution in [0.4, 0.5) is 0 Å². The number of amides is 2. The van der Waals surface area contributed by atoms with Crippen molar-refractivity contribution in [3.05, 3.63) is 80.8 Å². The molecule has 1 aromatic heterocycles. The molecule has 0 radical (unpaired) electrons. The summed E-state index contributed by atoms with van der Waals surface area (Å²) in [6.45, 7) is 8.08. The minimum atomic E-state index is -0.222. The summed E-state index contributed by atoms with van der Waals surface area (Å²) < 4.78 is 11.1. The zero-order valence-corrected chi connectivity index (χ0v) is 22.8. The maximum Gasteiger partial charge on any atom is 0.270 e. The molecule has 3 aromatic rings. The molecule has 0 bridgehead atoms. The number of aryl methyl sites for hydroxylation is 1. The van der Waals surface area contributed by atoms with Gasteiger partial charge in [-0.1, -0.05) is 49.7 Å². The first-order valence-corrected chi connectivity index (χ1v) is 13.6. The van der Waals surface area contributed by atoms with E-state index >= 15 is 0 Å². The highest BCUT2D eigenvalue weighted by Crippen LogP contribution is 2.38. The van der Waals surface area contributed by atoms with Gasteiger partial charge in [-0.05, 0) is 48.1 Å². The Kier molecular flexibility index (Phi) is 8.95. The van der Waals surface area contributed by atoms with Gasteiger partial charge in [0.05, 0.1) is 12.6 Å². The van der Waals surface area contributed by atoms with Crippen LogP contribution in [0, 0.1) is 12.8 Å². The summed E-state index contributed by atoms with van der Waals surface area (Å²) in [6, 6.07) is 14.4. The van der Waals surface area contributed by atoms with Crippen LogP contribution in [0.15, 0.2) is 47.8 Å². The Morgan fingerprint density at radius 1 is 1.19 bits per heavy atom. The van der Waals surface area contributed by atoms with Gasteiger partial charge < -0.3 is 19.7 Å². The third-order valence-electron chi connectivity index (χ3n) is 6.38. The molecule has 1 aliphatic heterocycles. The van der Waals surface area contributed by atoms with Crippen molar-refractivity contribution in [1.82, 2.24) is 15.2 Å². The van der Waals surface area contributed by atoms with Crippen LogP contribution in [0.2, 0.25) is 0 Å². The molecule has 1 N–H and O–H groups in total. The molecule has 1 unspecified atom stereocenters. The van der Waals surface area contributed by atoms with Gasteiger partial charge in [-0.15, -0.1) is 11.3 Å². The maximum atomic E-state index is 13.3. The number of nitrogens with one attached hydrogen (secondary N) is 1. The number of carbonyl (C=O) groups excluding carboxylic acids is 2. The summed E-state index contributed by atoms with van der Waals surface area (Å²) in [6.07, 6.45) is 1.34. The average Bonchev–Trinajstić information content (AvgIpc) is 3.36. The van der Waals surface area contributed by atoms with Crippen molar-refractivity contribution in [2.45, 2.75) is 46.3 Å². The van der Waals surface area contributed by atoms with Gasteiger partial charge in [0.1, 0.15) is 23.1 Å². The average molecular weight is 522 g/mol. The number of benzene rings is 2. The van der Waals surface area contributed by atoms with Gasteiger partial charge in [0.2, 0.25) is 5.91 Å². The Morgan fingerprint density at radius 3 is 2.70 bits per heavy atom. The van der Waals surface area contributed by atoms with E-state index < -0.39 is 0 Å². The summed E-state index contributed by atoms with van der Waals surface area (Å²) in [4.78, 5) is 31.9. The van der Waals surface area contributed by atoms with Crippen LogP contribution in [0.1, 0.15) is 64.1 Å². The van der Waals surface area contributed by atoms with Crippen LogP contribution in [0.5, 0.6) is 5.75 Å². The zero-order chi connectivity index (χ0) is 26.4. The number of nitrogens with zero attached hydrogens (tertiary/aromatic N) is 2. The van der Waals surface area contributed by atoms with Gasteiger partial charge in [0.15, 0.2) is 0 Å². The Balaban J connectivity index is 1.53. The third-order valence-corrected chi connectivity index (χ3v) is 7.20. The molecule has 196 valence electrons. The van der Waals surface area contributed by atoms with Crippen LogP contribution >= 0.6 is 11.3 Å². The molecule has 8 heteroatoms. The summed E-state index contributed by atoms with van der Waals surface area (Å²) in [7, 11) is 1.59. The van der Waals surface area contributed by atoms with Gasteiger partial charge in [-0.25, -0.2) is 4.98 Å². The molecule has 0 fully saturated rings. The Hall–Kier alpha value is -3.23. The van der Waals surface area contributed by atoms with E-state index in [1.165, 1.54) is 22.5 Å². The van der Waals surface area contributed by atoms with Gasteiger partial charge in [0.25, 0.3) is 5.91 Å². The van der Waals surface area contributed by atoms with Crippen molar-refractivity contribution in [2.75, 3.05) is 26.8 Å². The smallest absolute Gasteiger partial charge is 0.270 e. The number of rotatable bonds is 10. The first-order valence-electron chi connectivity index (χ1n) is 12.7. The Labute approximate surface area is 222 Å². The van der Waals surface area contributed by atoms with E-state index in [-0.39, 0.29) is 24.5 Å². The molecule has 2 heterocycles. The molecular formula is C29H35N3O4S. The number of aromatic nitrogens is 1. The lowest BCUT2D eigenvalue weighted by molar-refractivity contribution is -0.134. The molecule has 37 heavy (non-hydrogen) atoms. The molecule has 0 spiro atoms. The molecule has 1 atom stereocenters. The SMILES string of the molecule is COCCNC(=O)c1csc(COc2ccc3c(c2)C(c2ccc(C)cc2)N(C(=O)CC(C)C)CC3)n1. The molecular weight excluding hydrogens is 486 g/mol. The minimum absolute atomic E-state index is 0.151. The lowest BCUT2D eigenvalue weighted by atomic mass is 9.87. The number of fused-ring (bicyclic) bond motifs is 1. The van der Waals surface area contributed by atoms with Crippen molar-refractivity contribution < 1.29 is 19.1 Å². The monoisotopic (exact) mass is 521 g/mol. The molecule has 7 nitrogen and oxygen atoms in total. The van der Waals surface area contributed by atoms with E-state index in [9.17, 15) is 9.59 Å². The number of hydrogen-bond donors (Lipinski definition) is 1. The molecule has 2 aromatic carbocycles. The summed E-state index contributed by atoms with van der Waals surface area (Å²) >= 11 is 1.39. The van der Waals surface area contributed by atoms with E-state index in [0.717, 1.165) is 28.3 Å². The minimum Gasteiger partial charge on any atom is -0.486 e. The molecule has 2 amide bonds. The predicted molar refractivity (Wildman–Crippen MR) is 145 cm³/mol. The fourth-order valence-corrected chi connectivity index (χ4v) is 5.20. The second kappa shape index (κ2) is 12.3. The molecule has 0 saturated carbocycles. The summed E-state index contributed by atoms with van der Waals surface area (Å²) in [5.74, 6) is 0.972. The van der Waals surface area contributed by atoms with E-state index in [0.29, 0.717) is 37.7 Å². The van der Waals surface area contributed by atoms with Crippen molar-refractivity contribution >= 4 is 23.2 Å². The number of carbonyl (C=O) groups is 2. The second-order valence-corrected chi connectivity index (χ2v) is 10.7. The standard InChI is InChI=1S/C29H35N3O4S/c1-19(2)15-27(33)32-13-11-21-9-10-23(16-24(21)28(32)22-7-5-20(3)6-8-22)36-17-26-31-25(18-37-26)29(34)30-12-14-35-4/h5-10,16,18-19,28H,11-15,17H2,1-4H3,(H,30,34). The van der Waals surface area contributed by atoms with Crippen molar-refractivity contribution in [2.24, 2.45) is 5.92 Å². The number of thiazole rings is 1. The fourth-order valence-electron chi connectivity index (χ4n) is 4.51. The maximum absolute atomic E-state index is 13.3. The van der Waals surface area contributed by atoms with E-state index in [4.69, 9.17) is 9.47 Å². The highest BCUT2D eigenvalue weighted by Gasteiger charge is 2.32. The van der Waals surface area contributed by atoms with Gasteiger partial charge in [-0.2, -0.15) is 0 Å². The van der Waals surface area contributed by atoms with Gasteiger partial charge >= 0.3 is 0 Å². The highest BCUT2D eigenvalue weighted by molar-refractivity contribution is 7.09. The fraction of sp³-hybridized carbons (Fsp3) is 0.414. The van der Waals surface area contributed by atoms with Crippen molar-refractivity contribution in [3.63, 3.8) is 0 Å². The van der Waals surface area contributed by atoms with Crippen LogP contribution in [0.25, 0.3) is 0 Å². The topological polar surface area (TPSA) is 80.8 Å². The van der Waals surface area contributed by atoms with E-state index in [1.54, 1.807) is 12.5 Å². The molecule has 0 saturated heterocycles. The first kappa shape index (κ1) is 26.8. The van der Waals surface area contributed by atoms with E-state index in [1.807, 2.05) is 11.0 Å². The van der Waals surface area contributed by atoms with Crippen LogP contribution in [-0.2, 0) is 22.6 Å². The molecule has 0 aliphatic carbocycles. The molecule has 4 rings (SSSR count). The van der Waals surface area contributed by atoms with Gasteiger partial charge in [-0.3, -0.25) is 9.59 Å². The van der Waals surface area contributed by atoms with Gasteiger partial charge in [0, 0.05) is 32.0 Å². The predicted octanol–water partition coefficient (Wildman–Crippen LogP) is 4.93. The highest BCUT2D eigenvalue weighted by atomic mass is 32.1. The van der Waals surface area contributed by atoms with Crippen molar-refractivity contribution in [3.8, 4) is 5.75 Å². The summed E-state index contributed by atoms with van der Waals surface area (Å²) in [5, 5.41) is 5.23. The zero-order valence-electron chi connectivity index (χ0n) is 22.0. The van der Waals surface area contributed by atoms with E-state index in [2.05, 4.69) is 67.5 Å². The van der Waals surface area contributed by atoms with Crippen LogP contribution < -0.4 is 10.1 Å². The largest absolute Gasteiger partial charge is 0.486 e. The third kappa shape index (κ3) is 6.76. The lowest BCUT2D eigenvalue weighted by Gasteiger charge is -2.38. The van der Waals surface area contributed by atoms with Crippen LogP contribution in [-0.4, -0.2) is 48.5 Å². The summed E-state index contributed by atoms with van der Waals surface area (Å²) in [5.41, 5.74) is 5.00. The quantitative estimate of drug-likeness (QED) is 0.383. The normalized spacial score (nSPS) is 14.9. The Morgan fingerprint density at radius 2 is 1.97 bits per heavy atom. The molecule has 1 aliphatic rings. The number of ether oxygens (including phenoxy) is 2. The van der Waals surface area contributed by atoms with Crippen molar-refractivity contribution in [1.29, 1.82) is 0 Å². The lowest BCUT2D eigenvalue weighted by Crippen LogP contribution is -2.41. The van der Waals surface area contributed by atoms with Crippen LogP contribution in [0.3, 0.4) is 0 Å². The first-order chi connectivity index (χ1) is 17.9.